The van der Waals surface area contributed by atoms with Crippen molar-refractivity contribution in [3.63, 3.8) is 0 Å². The first-order valence-electron chi connectivity index (χ1n) is 7.40. The van der Waals surface area contributed by atoms with Gasteiger partial charge in [-0.25, -0.2) is 0 Å². The van der Waals surface area contributed by atoms with E-state index in [2.05, 4.69) is 37.5 Å². The van der Waals surface area contributed by atoms with Crippen molar-refractivity contribution in [3.8, 4) is 11.5 Å². The quantitative estimate of drug-likeness (QED) is 0.907. The molecular weight excluding hydrogens is 238 g/mol. The van der Waals surface area contributed by atoms with E-state index in [1.807, 2.05) is 0 Å². The minimum atomic E-state index is 0.666. The molecule has 0 aromatic heterocycles. The van der Waals surface area contributed by atoms with Crippen molar-refractivity contribution in [2.75, 3.05) is 20.3 Å². The third-order valence-electron chi connectivity index (χ3n) is 4.58. The molecule has 2 aliphatic rings. The van der Waals surface area contributed by atoms with Gasteiger partial charge in [0.25, 0.3) is 0 Å². The molecule has 1 fully saturated rings. The minimum Gasteiger partial charge on any atom is -0.490 e. The molecule has 1 aliphatic heterocycles. The highest BCUT2D eigenvalue weighted by molar-refractivity contribution is 5.45. The van der Waals surface area contributed by atoms with Crippen LogP contribution >= 0.6 is 0 Å². The predicted molar refractivity (Wildman–Crippen MR) is 76.0 cm³/mol. The second kappa shape index (κ2) is 5.41. The summed E-state index contributed by atoms with van der Waals surface area (Å²) in [6.45, 7) is 3.80. The minimum absolute atomic E-state index is 0.666. The zero-order valence-corrected chi connectivity index (χ0v) is 11.8. The second-order valence-corrected chi connectivity index (χ2v) is 5.57. The molecule has 1 N–H and O–H groups in total. The first kappa shape index (κ1) is 12.8. The fourth-order valence-corrected chi connectivity index (χ4v) is 3.40. The zero-order valence-electron chi connectivity index (χ0n) is 11.8. The molecule has 1 heterocycles. The summed E-state index contributed by atoms with van der Waals surface area (Å²) in [5.74, 6) is 3.24. The molecule has 1 saturated carbocycles. The number of hydrogen-bond donors (Lipinski definition) is 1. The topological polar surface area (TPSA) is 30.5 Å². The smallest absolute Gasteiger partial charge is 0.161 e. The Morgan fingerprint density at radius 1 is 1.21 bits per heavy atom. The summed E-state index contributed by atoms with van der Waals surface area (Å²) >= 11 is 0. The summed E-state index contributed by atoms with van der Waals surface area (Å²) in [6.07, 6.45) is 3.42. The Kier molecular flexibility index (Phi) is 3.65. The highest BCUT2D eigenvalue weighted by Crippen LogP contribution is 2.46. The summed E-state index contributed by atoms with van der Waals surface area (Å²) in [5.41, 5.74) is 1.41. The van der Waals surface area contributed by atoms with Crippen molar-refractivity contribution in [2.45, 2.75) is 38.1 Å². The van der Waals surface area contributed by atoms with Gasteiger partial charge in [-0.1, -0.05) is 19.4 Å². The van der Waals surface area contributed by atoms with Crippen LogP contribution in [-0.2, 0) is 0 Å². The van der Waals surface area contributed by atoms with E-state index in [-0.39, 0.29) is 0 Å². The van der Waals surface area contributed by atoms with E-state index in [1.54, 1.807) is 0 Å². The van der Waals surface area contributed by atoms with Crippen LogP contribution in [-0.4, -0.2) is 26.3 Å². The Balaban J connectivity index is 1.80. The largest absolute Gasteiger partial charge is 0.490 e. The fraction of sp³-hybridized carbons (Fsp3) is 0.625. The molecule has 0 radical (unpaired) electrons. The van der Waals surface area contributed by atoms with E-state index in [0.29, 0.717) is 12.0 Å². The molecule has 0 saturated heterocycles. The number of ether oxygens (including phenoxy) is 2. The maximum absolute atomic E-state index is 5.79. The predicted octanol–water partition coefficient (Wildman–Crippen LogP) is 2.95. The standard InChI is InChI=1S/C16H23NO2/c1-3-12-13(10-14(12)17-2)11-5-6-15-16(9-11)19-8-4-7-18-15/h5-6,9,12-14,17H,3-4,7-8,10H2,1-2H3. The van der Waals surface area contributed by atoms with Gasteiger partial charge in [0.05, 0.1) is 13.2 Å². The van der Waals surface area contributed by atoms with Crippen LogP contribution in [0.2, 0.25) is 0 Å². The molecule has 19 heavy (non-hydrogen) atoms. The number of benzene rings is 1. The van der Waals surface area contributed by atoms with Gasteiger partial charge in [0.2, 0.25) is 0 Å². The highest BCUT2D eigenvalue weighted by Gasteiger charge is 2.39. The fourth-order valence-electron chi connectivity index (χ4n) is 3.40. The Morgan fingerprint density at radius 2 is 2.00 bits per heavy atom. The van der Waals surface area contributed by atoms with E-state index in [1.165, 1.54) is 18.4 Å². The van der Waals surface area contributed by atoms with Crippen LogP contribution in [0.4, 0.5) is 0 Å². The number of hydrogen-bond acceptors (Lipinski definition) is 3. The van der Waals surface area contributed by atoms with Gasteiger partial charge >= 0.3 is 0 Å². The third-order valence-corrected chi connectivity index (χ3v) is 4.58. The molecule has 104 valence electrons. The highest BCUT2D eigenvalue weighted by atomic mass is 16.5. The van der Waals surface area contributed by atoms with Crippen molar-refractivity contribution >= 4 is 0 Å². The van der Waals surface area contributed by atoms with Gasteiger partial charge < -0.3 is 14.8 Å². The van der Waals surface area contributed by atoms with Crippen LogP contribution in [0.5, 0.6) is 11.5 Å². The monoisotopic (exact) mass is 261 g/mol. The van der Waals surface area contributed by atoms with Gasteiger partial charge in [0.1, 0.15) is 0 Å². The number of rotatable bonds is 3. The maximum atomic E-state index is 5.79. The zero-order chi connectivity index (χ0) is 13.2. The lowest BCUT2D eigenvalue weighted by Gasteiger charge is -2.45. The number of fused-ring (bicyclic) bond motifs is 1. The van der Waals surface area contributed by atoms with E-state index < -0.39 is 0 Å². The Hall–Kier alpha value is -1.22. The molecule has 3 rings (SSSR count). The van der Waals surface area contributed by atoms with E-state index in [0.717, 1.165) is 37.1 Å². The van der Waals surface area contributed by atoms with E-state index >= 15 is 0 Å². The molecule has 3 nitrogen and oxygen atoms in total. The van der Waals surface area contributed by atoms with Crippen molar-refractivity contribution in [1.82, 2.24) is 5.32 Å². The third kappa shape index (κ3) is 2.32. The molecule has 0 spiro atoms. The van der Waals surface area contributed by atoms with Gasteiger partial charge in [-0.15, -0.1) is 0 Å². The first-order valence-corrected chi connectivity index (χ1v) is 7.40. The summed E-state index contributed by atoms with van der Waals surface area (Å²) in [7, 11) is 2.07. The molecule has 3 heteroatoms. The first-order chi connectivity index (χ1) is 9.33. The summed E-state index contributed by atoms with van der Waals surface area (Å²) in [6, 6.07) is 7.16. The van der Waals surface area contributed by atoms with Crippen LogP contribution in [0.3, 0.4) is 0 Å². The van der Waals surface area contributed by atoms with Crippen LogP contribution < -0.4 is 14.8 Å². The van der Waals surface area contributed by atoms with E-state index in [4.69, 9.17) is 9.47 Å². The SMILES string of the molecule is CCC1C(NC)CC1c1ccc2c(c1)OCCCO2. The van der Waals surface area contributed by atoms with Gasteiger partial charge in [-0.05, 0) is 43.0 Å². The van der Waals surface area contributed by atoms with Gasteiger partial charge in [-0.2, -0.15) is 0 Å². The normalized spacial score (nSPS) is 29.5. The van der Waals surface area contributed by atoms with E-state index in [9.17, 15) is 0 Å². The molecule has 1 aliphatic carbocycles. The average Bonchev–Trinajstić information content (AvgIpc) is 2.63. The maximum Gasteiger partial charge on any atom is 0.161 e. The van der Waals surface area contributed by atoms with Gasteiger partial charge in [-0.3, -0.25) is 0 Å². The lowest BCUT2D eigenvalue weighted by molar-refractivity contribution is 0.169. The number of nitrogens with one attached hydrogen (secondary N) is 1. The molecular formula is C16H23NO2. The second-order valence-electron chi connectivity index (χ2n) is 5.57. The molecule has 3 atom stereocenters. The van der Waals surface area contributed by atoms with Crippen LogP contribution in [0, 0.1) is 5.92 Å². The van der Waals surface area contributed by atoms with Crippen molar-refractivity contribution in [3.05, 3.63) is 23.8 Å². The summed E-state index contributed by atoms with van der Waals surface area (Å²) in [4.78, 5) is 0. The van der Waals surface area contributed by atoms with Crippen LogP contribution in [0.25, 0.3) is 0 Å². The average molecular weight is 261 g/mol. The molecule has 0 amide bonds. The summed E-state index contributed by atoms with van der Waals surface area (Å²) in [5, 5.41) is 3.42. The summed E-state index contributed by atoms with van der Waals surface area (Å²) < 4.78 is 11.5. The molecule has 1 aromatic carbocycles. The van der Waals surface area contributed by atoms with Crippen molar-refractivity contribution < 1.29 is 9.47 Å². The lowest BCUT2D eigenvalue weighted by atomic mass is 9.65. The Labute approximate surface area is 115 Å². The van der Waals surface area contributed by atoms with Gasteiger partial charge in [0, 0.05) is 12.5 Å². The van der Waals surface area contributed by atoms with Gasteiger partial charge in [0.15, 0.2) is 11.5 Å². The van der Waals surface area contributed by atoms with Crippen molar-refractivity contribution in [1.29, 1.82) is 0 Å². The Morgan fingerprint density at radius 3 is 2.74 bits per heavy atom. The van der Waals surface area contributed by atoms with Crippen LogP contribution in [0.15, 0.2) is 18.2 Å². The lowest BCUT2D eigenvalue weighted by Crippen LogP contribution is -2.47. The Bertz CT molecular complexity index is 446. The van der Waals surface area contributed by atoms with Crippen molar-refractivity contribution in [2.24, 2.45) is 5.92 Å². The molecule has 3 unspecified atom stereocenters. The van der Waals surface area contributed by atoms with Crippen LogP contribution in [0.1, 0.15) is 37.7 Å². The molecule has 1 aromatic rings. The molecule has 0 bridgehead atoms.